The summed E-state index contributed by atoms with van der Waals surface area (Å²) in [5.41, 5.74) is -0.265. The van der Waals surface area contributed by atoms with Crippen LogP contribution in [0.25, 0.3) is 0 Å². The molecule has 0 radical (unpaired) electrons. The van der Waals surface area contributed by atoms with Crippen LogP contribution < -0.4 is 5.32 Å². The summed E-state index contributed by atoms with van der Waals surface area (Å²) in [5, 5.41) is 2.60. The Balaban J connectivity index is 3.06. The molecule has 3 heteroatoms. The van der Waals surface area contributed by atoms with Crippen molar-refractivity contribution >= 4 is 11.7 Å². The highest BCUT2D eigenvalue weighted by molar-refractivity contribution is 6.13. The van der Waals surface area contributed by atoms with Crippen LogP contribution in [0.4, 0.5) is 0 Å². The van der Waals surface area contributed by atoms with Crippen LogP contribution in [0.15, 0.2) is 11.8 Å². The number of hydrogen-bond donors (Lipinski definition) is 1. The van der Waals surface area contributed by atoms with Gasteiger partial charge in [0.2, 0.25) is 5.91 Å². The lowest BCUT2D eigenvalue weighted by atomic mass is 9.84. The van der Waals surface area contributed by atoms with Gasteiger partial charge in [-0.05, 0) is 20.8 Å². The largest absolute Gasteiger partial charge is 0.329 e. The molecule has 0 aromatic carbocycles. The molecule has 60 valence electrons. The van der Waals surface area contributed by atoms with Crippen LogP contribution in [0.1, 0.15) is 20.8 Å². The zero-order chi connectivity index (χ0) is 8.65. The molecule has 11 heavy (non-hydrogen) atoms. The highest BCUT2D eigenvalue weighted by Gasteiger charge is 2.37. The molecule has 0 saturated carbocycles. The standard InChI is InChI=1S/C8H11NO2/c1-5-4-6(10)8(2,3)7(11)9-5/h4H,1-3H3,(H,9,11). The Labute approximate surface area is 65.5 Å². The molecule has 1 aliphatic rings. The van der Waals surface area contributed by atoms with Crippen LogP contribution in [-0.2, 0) is 9.59 Å². The Hall–Kier alpha value is -1.12. The zero-order valence-electron chi connectivity index (χ0n) is 6.89. The van der Waals surface area contributed by atoms with Crippen molar-refractivity contribution in [3.05, 3.63) is 11.8 Å². The van der Waals surface area contributed by atoms with E-state index in [-0.39, 0.29) is 11.7 Å². The molecule has 0 spiro atoms. The van der Waals surface area contributed by atoms with Crippen molar-refractivity contribution in [1.29, 1.82) is 0 Å². The number of ketones is 1. The highest BCUT2D eigenvalue weighted by atomic mass is 16.2. The molecule has 0 bridgehead atoms. The van der Waals surface area contributed by atoms with Gasteiger partial charge in [0.05, 0.1) is 0 Å². The molecule has 0 fully saturated rings. The fourth-order valence-corrected chi connectivity index (χ4v) is 0.860. The summed E-state index contributed by atoms with van der Waals surface area (Å²) in [7, 11) is 0. The minimum Gasteiger partial charge on any atom is -0.329 e. The Bertz CT molecular complexity index is 251. The maximum Gasteiger partial charge on any atom is 0.237 e. The van der Waals surface area contributed by atoms with Gasteiger partial charge in [0, 0.05) is 11.8 Å². The second-order valence-corrected chi connectivity index (χ2v) is 3.27. The van der Waals surface area contributed by atoms with Crippen LogP contribution >= 0.6 is 0 Å². The monoisotopic (exact) mass is 153 g/mol. The van der Waals surface area contributed by atoms with Gasteiger partial charge in [-0.15, -0.1) is 0 Å². The summed E-state index contributed by atoms with van der Waals surface area (Å²) in [6.07, 6.45) is 1.46. The lowest BCUT2D eigenvalue weighted by molar-refractivity contribution is -0.138. The Morgan fingerprint density at radius 3 is 2.36 bits per heavy atom. The van der Waals surface area contributed by atoms with Crippen molar-refractivity contribution in [1.82, 2.24) is 5.32 Å². The third kappa shape index (κ3) is 1.18. The van der Waals surface area contributed by atoms with Gasteiger partial charge >= 0.3 is 0 Å². The molecule has 0 unspecified atom stereocenters. The number of nitrogens with one attached hydrogen (secondary N) is 1. The molecule has 0 saturated heterocycles. The van der Waals surface area contributed by atoms with Crippen molar-refractivity contribution in [3.63, 3.8) is 0 Å². The Morgan fingerprint density at radius 1 is 1.36 bits per heavy atom. The van der Waals surface area contributed by atoms with Gasteiger partial charge in [-0.25, -0.2) is 0 Å². The molecule has 1 aliphatic heterocycles. The topological polar surface area (TPSA) is 46.2 Å². The van der Waals surface area contributed by atoms with Gasteiger partial charge in [-0.3, -0.25) is 9.59 Å². The van der Waals surface area contributed by atoms with Crippen molar-refractivity contribution in [2.45, 2.75) is 20.8 Å². The fraction of sp³-hybridized carbons (Fsp3) is 0.500. The lowest BCUT2D eigenvalue weighted by Crippen LogP contribution is -2.44. The van der Waals surface area contributed by atoms with Gasteiger partial charge < -0.3 is 5.32 Å². The minimum absolute atomic E-state index is 0.126. The van der Waals surface area contributed by atoms with Crippen molar-refractivity contribution in [2.24, 2.45) is 5.41 Å². The number of carbonyl (C=O) groups excluding carboxylic acids is 2. The van der Waals surface area contributed by atoms with Crippen LogP contribution in [-0.4, -0.2) is 11.7 Å². The number of carbonyl (C=O) groups is 2. The molecule has 0 aliphatic carbocycles. The summed E-state index contributed by atoms with van der Waals surface area (Å²) in [4.78, 5) is 22.4. The summed E-state index contributed by atoms with van der Waals surface area (Å²) >= 11 is 0. The van der Waals surface area contributed by atoms with E-state index in [1.165, 1.54) is 6.08 Å². The van der Waals surface area contributed by atoms with E-state index in [9.17, 15) is 9.59 Å². The first kappa shape index (κ1) is 7.98. The molecule has 0 atom stereocenters. The highest BCUT2D eigenvalue weighted by Crippen LogP contribution is 2.21. The van der Waals surface area contributed by atoms with E-state index in [1.54, 1.807) is 20.8 Å². The molecule has 1 amide bonds. The third-order valence-corrected chi connectivity index (χ3v) is 1.84. The second-order valence-electron chi connectivity index (χ2n) is 3.27. The molecule has 3 nitrogen and oxygen atoms in total. The van der Waals surface area contributed by atoms with Gasteiger partial charge in [0.25, 0.3) is 0 Å². The third-order valence-electron chi connectivity index (χ3n) is 1.84. The average molecular weight is 153 g/mol. The SMILES string of the molecule is CC1=CC(=O)C(C)(C)C(=O)N1. The van der Waals surface area contributed by atoms with Gasteiger partial charge in [0.15, 0.2) is 5.78 Å². The quantitative estimate of drug-likeness (QED) is 0.518. The van der Waals surface area contributed by atoms with E-state index >= 15 is 0 Å². The van der Waals surface area contributed by atoms with Crippen LogP contribution in [0.2, 0.25) is 0 Å². The van der Waals surface area contributed by atoms with E-state index < -0.39 is 5.41 Å². The summed E-state index contributed by atoms with van der Waals surface area (Å²) < 4.78 is 0. The fourth-order valence-electron chi connectivity index (χ4n) is 0.860. The normalized spacial score (nSPS) is 22.6. The van der Waals surface area contributed by atoms with E-state index in [1.807, 2.05) is 0 Å². The van der Waals surface area contributed by atoms with E-state index in [0.29, 0.717) is 5.70 Å². The minimum atomic E-state index is -0.889. The predicted molar refractivity (Wildman–Crippen MR) is 40.7 cm³/mol. The van der Waals surface area contributed by atoms with Crippen molar-refractivity contribution in [2.75, 3.05) is 0 Å². The zero-order valence-corrected chi connectivity index (χ0v) is 6.89. The maximum atomic E-state index is 11.2. The first-order valence-corrected chi connectivity index (χ1v) is 3.49. The lowest BCUT2D eigenvalue weighted by Gasteiger charge is -2.25. The van der Waals surface area contributed by atoms with Crippen molar-refractivity contribution in [3.8, 4) is 0 Å². The number of allylic oxidation sites excluding steroid dienone is 2. The van der Waals surface area contributed by atoms with Gasteiger partial charge in [-0.1, -0.05) is 0 Å². The summed E-state index contributed by atoms with van der Waals surface area (Å²) in [5.74, 6) is -0.346. The first-order chi connectivity index (χ1) is 4.94. The molecule has 1 N–H and O–H groups in total. The molecule has 1 rings (SSSR count). The van der Waals surface area contributed by atoms with E-state index in [2.05, 4.69) is 5.32 Å². The first-order valence-electron chi connectivity index (χ1n) is 3.49. The van der Waals surface area contributed by atoms with E-state index in [0.717, 1.165) is 0 Å². The number of rotatable bonds is 0. The molecule has 0 aromatic heterocycles. The van der Waals surface area contributed by atoms with Crippen LogP contribution in [0, 0.1) is 5.41 Å². The van der Waals surface area contributed by atoms with Gasteiger partial charge in [0.1, 0.15) is 5.41 Å². The average Bonchev–Trinajstić information content (AvgIpc) is 1.84. The van der Waals surface area contributed by atoms with E-state index in [4.69, 9.17) is 0 Å². The number of amides is 1. The van der Waals surface area contributed by atoms with Crippen LogP contribution in [0.5, 0.6) is 0 Å². The molecule has 0 aromatic rings. The predicted octanol–water partition coefficient (Wildman–Crippen LogP) is 0.615. The molecular weight excluding hydrogens is 142 g/mol. The summed E-state index contributed by atoms with van der Waals surface area (Å²) in [6, 6.07) is 0. The molecule has 1 heterocycles. The second kappa shape index (κ2) is 2.19. The Kier molecular flexibility index (Phi) is 1.59. The summed E-state index contributed by atoms with van der Waals surface area (Å²) in [6.45, 7) is 4.94. The van der Waals surface area contributed by atoms with Crippen LogP contribution in [0.3, 0.4) is 0 Å². The molecular formula is C8H11NO2. The Morgan fingerprint density at radius 2 is 1.91 bits per heavy atom. The van der Waals surface area contributed by atoms with Crippen molar-refractivity contribution < 1.29 is 9.59 Å². The maximum absolute atomic E-state index is 11.2. The number of hydrogen-bond acceptors (Lipinski definition) is 2. The smallest absolute Gasteiger partial charge is 0.237 e. The van der Waals surface area contributed by atoms with Gasteiger partial charge in [-0.2, -0.15) is 0 Å².